The maximum Gasteiger partial charge on any atom is 0.253 e. The minimum Gasteiger partial charge on any atom is -0.357 e. The average molecular weight is 340 g/mol. The van der Waals surface area contributed by atoms with Crippen molar-refractivity contribution < 1.29 is 18.0 Å². The Balaban J connectivity index is 3.17. The van der Waals surface area contributed by atoms with E-state index in [1.165, 1.54) is 19.2 Å². The van der Waals surface area contributed by atoms with Crippen molar-refractivity contribution in [2.24, 2.45) is 5.92 Å². The lowest BCUT2D eigenvalue weighted by Gasteiger charge is -2.21. The van der Waals surface area contributed by atoms with Gasteiger partial charge in [-0.1, -0.05) is 32.9 Å². The fraction of sp³-hybridized carbons (Fsp3) is 0.500. The lowest BCUT2D eigenvalue weighted by atomic mass is 10.0. The van der Waals surface area contributed by atoms with Gasteiger partial charge in [-0.2, -0.15) is 0 Å². The highest BCUT2D eigenvalue weighted by Gasteiger charge is 2.27. The van der Waals surface area contributed by atoms with E-state index >= 15 is 0 Å². The zero-order chi connectivity index (χ0) is 17.6. The van der Waals surface area contributed by atoms with Crippen LogP contribution in [0.3, 0.4) is 0 Å². The number of likely N-dealkylation sites (N-methyl/N-ethyl adjacent to an activating group) is 1. The first-order valence-corrected chi connectivity index (χ1v) is 9.24. The molecule has 0 spiro atoms. The minimum atomic E-state index is -3.53. The summed E-state index contributed by atoms with van der Waals surface area (Å²) in [5.41, 5.74) is 0.0653. The summed E-state index contributed by atoms with van der Waals surface area (Å²) in [5, 5.41) is 5.12. The van der Waals surface area contributed by atoms with Crippen molar-refractivity contribution in [3.8, 4) is 0 Å². The third-order valence-electron chi connectivity index (χ3n) is 3.42. The highest BCUT2D eigenvalue weighted by atomic mass is 32.2. The summed E-state index contributed by atoms with van der Waals surface area (Å²) in [6.07, 6.45) is 0.463. The van der Waals surface area contributed by atoms with Crippen molar-refractivity contribution in [1.29, 1.82) is 0 Å². The molecule has 1 rings (SSSR count). The van der Waals surface area contributed by atoms with Gasteiger partial charge in [0.15, 0.2) is 9.84 Å². The predicted octanol–water partition coefficient (Wildman–Crippen LogP) is 1.37. The number of hydrogen-bond donors (Lipinski definition) is 2. The van der Waals surface area contributed by atoms with Crippen LogP contribution < -0.4 is 10.6 Å². The normalized spacial score (nSPS) is 12.7. The van der Waals surface area contributed by atoms with E-state index in [-0.39, 0.29) is 28.0 Å². The molecule has 23 heavy (non-hydrogen) atoms. The van der Waals surface area contributed by atoms with Gasteiger partial charge in [0, 0.05) is 7.05 Å². The second kappa shape index (κ2) is 8.10. The molecule has 0 bridgehead atoms. The lowest BCUT2D eigenvalue weighted by molar-refractivity contribution is -0.123. The Labute approximate surface area is 137 Å². The molecule has 0 fully saturated rings. The molecule has 0 aliphatic rings. The van der Waals surface area contributed by atoms with Gasteiger partial charge in [0.2, 0.25) is 5.91 Å². The third-order valence-corrected chi connectivity index (χ3v) is 5.39. The number of carbonyl (C=O) groups excluding carboxylic acids is 2. The smallest absolute Gasteiger partial charge is 0.253 e. The zero-order valence-electron chi connectivity index (χ0n) is 13.9. The molecule has 0 saturated carbocycles. The second-order valence-electron chi connectivity index (χ2n) is 5.62. The summed E-state index contributed by atoms with van der Waals surface area (Å²) in [7, 11) is -2.04. The Morgan fingerprint density at radius 3 is 2.30 bits per heavy atom. The Morgan fingerprint density at radius 1 is 1.17 bits per heavy atom. The number of benzene rings is 1. The van der Waals surface area contributed by atoms with E-state index in [1.807, 2.05) is 0 Å². The van der Waals surface area contributed by atoms with Gasteiger partial charge < -0.3 is 10.6 Å². The van der Waals surface area contributed by atoms with Crippen LogP contribution in [0.1, 0.15) is 37.6 Å². The summed E-state index contributed by atoms with van der Waals surface area (Å²) < 4.78 is 24.6. The lowest BCUT2D eigenvalue weighted by Crippen LogP contribution is -2.49. The van der Waals surface area contributed by atoms with Crippen molar-refractivity contribution in [2.45, 2.75) is 38.1 Å². The van der Waals surface area contributed by atoms with Gasteiger partial charge in [-0.15, -0.1) is 0 Å². The summed E-state index contributed by atoms with van der Waals surface area (Å²) >= 11 is 0. The Kier molecular flexibility index (Phi) is 6.75. The van der Waals surface area contributed by atoms with Crippen LogP contribution in [0.15, 0.2) is 29.2 Å². The second-order valence-corrected chi connectivity index (χ2v) is 7.70. The van der Waals surface area contributed by atoms with Crippen LogP contribution in [0, 0.1) is 5.92 Å². The van der Waals surface area contributed by atoms with Crippen LogP contribution in [0.5, 0.6) is 0 Å². The molecule has 0 radical (unpaired) electrons. The molecule has 2 amide bonds. The van der Waals surface area contributed by atoms with E-state index in [9.17, 15) is 18.0 Å². The van der Waals surface area contributed by atoms with E-state index in [1.54, 1.807) is 32.9 Å². The van der Waals surface area contributed by atoms with Crippen molar-refractivity contribution in [3.05, 3.63) is 29.8 Å². The highest BCUT2D eigenvalue weighted by Crippen LogP contribution is 2.18. The number of hydrogen-bond acceptors (Lipinski definition) is 4. The van der Waals surface area contributed by atoms with Crippen LogP contribution in [-0.2, 0) is 14.6 Å². The quantitative estimate of drug-likeness (QED) is 0.784. The van der Waals surface area contributed by atoms with Crippen LogP contribution >= 0.6 is 0 Å². The molecule has 0 aromatic heterocycles. The van der Waals surface area contributed by atoms with E-state index in [2.05, 4.69) is 10.6 Å². The van der Waals surface area contributed by atoms with Crippen LogP contribution in [0.25, 0.3) is 0 Å². The number of sulfone groups is 1. The topological polar surface area (TPSA) is 92.3 Å². The number of rotatable bonds is 7. The number of carbonyl (C=O) groups is 2. The van der Waals surface area contributed by atoms with Gasteiger partial charge in [0.05, 0.1) is 16.2 Å². The van der Waals surface area contributed by atoms with Gasteiger partial charge in [0.1, 0.15) is 6.04 Å². The fourth-order valence-corrected chi connectivity index (χ4v) is 3.75. The van der Waals surface area contributed by atoms with Crippen molar-refractivity contribution in [1.82, 2.24) is 10.6 Å². The maximum absolute atomic E-state index is 12.5. The molecule has 1 aromatic rings. The molecular formula is C16H24N2O4S. The Bertz CT molecular complexity index is 668. The minimum absolute atomic E-state index is 0.00115. The van der Waals surface area contributed by atoms with E-state index in [0.29, 0.717) is 6.42 Å². The monoisotopic (exact) mass is 340 g/mol. The van der Waals surface area contributed by atoms with Crippen LogP contribution in [0.4, 0.5) is 0 Å². The van der Waals surface area contributed by atoms with Gasteiger partial charge in [-0.25, -0.2) is 8.42 Å². The first-order chi connectivity index (χ1) is 10.7. The number of amides is 2. The molecule has 128 valence electrons. The van der Waals surface area contributed by atoms with E-state index in [4.69, 9.17) is 0 Å². The molecule has 0 unspecified atom stereocenters. The van der Waals surface area contributed by atoms with Crippen LogP contribution in [0.2, 0.25) is 0 Å². The van der Waals surface area contributed by atoms with E-state index < -0.39 is 21.8 Å². The van der Waals surface area contributed by atoms with Crippen molar-refractivity contribution >= 4 is 21.7 Å². The summed E-state index contributed by atoms with van der Waals surface area (Å²) in [6.45, 7) is 5.38. The largest absolute Gasteiger partial charge is 0.357 e. The van der Waals surface area contributed by atoms with E-state index in [0.717, 1.165) is 0 Å². The molecule has 7 heteroatoms. The molecule has 2 N–H and O–H groups in total. The molecule has 1 atom stereocenters. The molecule has 0 aliphatic carbocycles. The molecule has 6 nitrogen and oxygen atoms in total. The van der Waals surface area contributed by atoms with Gasteiger partial charge in [-0.05, 0) is 24.5 Å². The zero-order valence-corrected chi connectivity index (χ0v) is 14.7. The summed E-state index contributed by atoms with van der Waals surface area (Å²) in [5.74, 6) is -1.04. The SMILES string of the molecule is CCCS(=O)(=O)c1ccccc1C(=O)N[C@H](C(=O)NC)C(C)C. The summed E-state index contributed by atoms with van der Waals surface area (Å²) in [4.78, 5) is 24.4. The van der Waals surface area contributed by atoms with Crippen LogP contribution in [-0.4, -0.2) is 39.1 Å². The molecule has 1 aromatic carbocycles. The first kappa shape index (κ1) is 19.2. The predicted molar refractivity (Wildman–Crippen MR) is 88.9 cm³/mol. The average Bonchev–Trinajstić information content (AvgIpc) is 2.51. The van der Waals surface area contributed by atoms with Crippen molar-refractivity contribution in [2.75, 3.05) is 12.8 Å². The van der Waals surface area contributed by atoms with Crippen molar-refractivity contribution in [3.63, 3.8) is 0 Å². The molecule has 0 aliphatic heterocycles. The standard InChI is InChI=1S/C16H24N2O4S/c1-5-10-23(21,22)13-9-7-6-8-12(13)15(19)18-14(11(2)3)16(20)17-4/h6-9,11,14H,5,10H2,1-4H3,(H,17,20)(H,18,19)/t14-/m0/s1. The maximum atomic E-state index is 12.5. The Hall–Kier alpha value is -1.89. The van der Waals surface area contributed by atoms with Gasteiger partial charge >= 0.3 is 0 Å². The summed E-state index contributed by atoms with van der Waals surface area (Å²) in [6, 6.07) is 5.33. The first-order valence-electron chi connectivity index (χ1n) is 7.58. The number of nitrogens with one attached hydrogen (secondary N) is 2. The Morgan fingerprint density at radius 2 is 1.78 bits per heavy atom. The highest BCUT2D eigenvalue weighted by molar-refractivity contribution is 7.91. The fourth-order valence-electron chi connectivity index (χ4n) is 2.21. The van der Waals surface area contributed by atoms with Gasteiger partial charge in [0.25, 0.3) is 5.91 Å². The van der Waals surface area contributed by atoms with Gasteiger partial charge in [-0.3, -0.25) is 9.59 Å². The molecule has 0 saturated heterocycles. The molecule has 0 heterocycles. The molecular weight excluding hydrogens is 316 g/mol. The third kappa shape index (κ3) is 4.79.